The molecule has 0 N–H and O–H groups in total. The first-order valence-electron chi connectivity index (χ1n) is 8.62. The molecular formula is C22H14F3NO3. The quantitative estimate of drug-likeness (QED) is 0.303. The normalized spacial score (nSPS) is 11.2. The molecule has 0 aliphatic rings. The van der Waals surface area contributed by atoms with Gasteiger partial charge in [0.15, 0.2) is 17.5 Å². The van der Waals surface area contributed by atoms with Gasteiger partial charge >= 0.3 is 0 Å². The van der Waals surface area contributed by atoms with Gasteiger partial charge in [-0.1, -0.05) is 12.1 Å². The number of carboxylic acid groups (broad SMARTS) is 1. The van der Waals surface area contributed by atoms with Crippen LogP contribution in [0.3, 0.4) is 0 Å². The molecule has 0 saturated carbocycles. The zero-order valence-electron chi connectivity index (χ0n) is 15.4. The van der Waals surface area contributed by atoms with Crippen LogP contribution >= 0.6 is 0 Å². The van der Waals surface area contributed by atoms with Crippen LogP contribution in [0.2, 0.25) is 0 Å². The average Bonchev–Trinajstić information content (AvgIpc) is 2.71. The summed E-state index contributed by atoms with van der Waals surface area (Å²) in [5, 5.41) is 12.7. The van der Waals surface area contributed by atoms with Crippen LogP contribution < -0.4 is 14.4 Å². The predicted molar refractivity (Wildman–Crippen MR) is 98.8 cm³/mol. The van der Waals surface area contributed by atoms with Gasteiger partial charge in [0.2, 0.25) is 11.0 Å². The van der Waals surface area contributed by atoms with Gasteiger partial charge in [-0.3, -0.25) is 0 Å². The van der Waals surface area contributed by atoms with E-state index in [9.17, 15) is 23.1 Å². The molecule has 0 amide bonds. The van der Waals surface area contributed by atoms with Crippen LogP contribution in [0.15, 0.2) is 48.5 Å². The molecule has 0 unspecified atom stereocenters. The standard InChI is InChI=1S/C22H14F3NO3/c1-26-16-6-4-3-5-12(16)19(22(27)28)14-9-13(18(29-2)10-17(14)26)11-7-8-15(23)21(25)20(11)24/h3-10H,1-2H3. The van der Waals surface area contributed by atoms with Gasteiger partial charge in [0, 0.05) is 22.8 Å². The third-order valence-electron chi connectivity index (χ3n) is 5.01. The van der Waals surface area contributed by atoms with E-state index in [-0.39, 0.29) is 27.8 Å². The number of hydrogen-bond acceptors (Lipinski definition) is 3. The number of methoxy groups -OCH3 is 1. The van der Waals surface area contributed by atoms with Crippen LogP contribution in [-0.2, 0) is 7.05 Å². The molecule has 3 aromatic carbocycles. The minimum absolute atomic E-state index is 0.0828. The summed E-state index contributed by atoms with van der Waals surface area (Å²) in [6.45, 7) is 0. The number of nitrogens with zero attached hydrogens (tertiary/aromatic N) is 1. The summed E-state index contributed by atoms with van der Waals surface area (Å²) >= 11 is 0. The molecule has 0 radical (unpaired) electrons. The monoisotopic (exact) mass is 397 g/mol. The van der Waals surface area contributed by atoms with Crippen LogP contribution in [0.5, 0.6) is 5.75 Å². The minimum atomic E-state index is -1.62. The van der Waals surface area contributed by atoms with E-state index in [0.717, 1.165) is 12.1 Å². The first-order chi connectivity index (χ1) is 13.8. The number of halogens is 3. The molecule has 0 saturated heterocycles. The summed E-state index contributed by atoms with van der Waals surface area (Å²) < 4.78 is 48.7. The number of hydrogen-bond donors (Lipinski definition) is 0. The SMILES string of the molecule is COc1cc2c(cc1-c1ccc(F)c(F)c1F)c(C(=O)[O-])c1ccccc1[n+]2C. The molecule has 0 spiro atoms. The number of carboxylic acids is 1. The zero-order chi connectivity index (χ0) is 20.9. The number of aromatic nitrogens is 1. The van der Waals surface area contributed by atoms with Crippen LogP contribution in [0, 0.1) is 17.5 Å². The van der Waals surface area contributed by atoms with Crippen molar-refractivity contribution in [3.05, 3.63) is 71.5 Å². The van der Waals surface area contributed by atoms with Gasteiger partial charge in [0.1, 0.15) is 12.8 Å². The number of benzene rings is 3. The Morgan fingerprint density at radius 2 is 1.66 bits per heavy atom. The van der Waals surface area contributed by atoms with Crippen LogP contribution in [0.25, 0.3) is 32.9 Å². The number of carbonyl (C=O) groups excluding carboxylic acids is 1. The fourth-order valence-corrected chi connectivity index (χ4v) is 3.63. The summed E-state index contributed by atoms with van der Waals surface area (Å²) in [6, 6.07) is 11.7. The topological polar surface area (TPSA) is 53.2 Å². The Morgan fingerprint density at radius 1 is 0.931 bits per heavy atom. The lowest BCUT2D eigenvalue weighted by Crippen LogP contribution is -2.33. The highest BCUT2D eigenvalue weighted by Gasteiger charge is 2.24. The van der Waals surface area contributed by atoms with E-state index in [1.54, 1.807) is 35.9 Å². The summed E-state index contributed by atoms with van der Waals surface area (Å²) in [6.07, 6.45) is 0. The van der Waals surface area contributed by atoms with Crippen molar-refractivity contribution in [2.45, 2.75) is 0 Å². The van der Waals surface area contributed by atoms with Crippen LogP contribution in [0.4, 0.5) is 13.2 Å². The van der Waals surface area contributed by atoms with E-state index >= 15 is 0 Å². The molecule has 4 nitrogen and oxygen atoms in total. The smallest absolute Gasteiger partial charge is 0.217 e. The lowest BCUT2D eigenvalue weighted by Gasteiger charge is -2.15. The Kier molecular flexibility index (Phi) is 4.38. The van der Waals surface area contributed by atoms with Crippen molar-refractivity contribution in [3.63, 3.8) is 0 Å². The molecule has 0 aliphatic heterocycles. The zero-order valence-corrected chi connectivity index (χ0v) is 15.4. The fourth-order valence-electron chi connectivity index (χ4n) is 3.63. The van der Waals surface area contributed by atoms with Crippen LogP contribution in [-0.4, -0.2) is 13.1 Å². The van der Waals surface area contributed by atoms with E-state index in [4.69, 9.17) is 4.74 Å². The lowest BCUT2D eigenvalue weighted by atomic mass is 9.96. The highest BCUT2D eigenvalue weighted by Crippen LogP contribution is 2.37. The number of para-hydroxylation sites is 1. The predicted octanol–water partition coefficient (Wildman–Crippen LogP) is 3.27. The number of ether oxygens (including phenoxy) is 1. The van der Waals surface area contributed by atoms with Crippen molar-refractivity contribution in [1.82, 2.24) is 0 Å². The Labute approximate surface area is 163 Å². The van der Waals surface area contributed by atoms with Gasteiger partial charge in [0.25, 0.3) is 0 Å². The summed E-state index contributed by atoms with van der Waals surface area (Å²) in [5.41, 5.74) is 0.900. The Balaban J connectivity index is 2.19. The molecule has 0 atom stereocenters. The van der Waals surface area contributed by atoms with E-state index in [1.807, 2.05) is 0 Å². The third-order valence-corrected chi connectivity index (χ3v) is 5.01. The molecule has 7 heteroatoms. The van der Waals surface area contributed by atoms with Crippen molar-refractivity contribution in [2.75, 3.05) is 7.11 Å². The number of fused-ring (bicyclic) bond motifs is 2. The number of aromatic carboxylic acids is 1. The molecular weight excluding hydrogens is 383 g/mol. The molecule has 4 aromatic rings. The second-order valence-corrected chi connectivity index (χ2v) is 6.53. The van der Waals surface area contributed by atoms with Crippen LogP contribution in [0.1, 0.15) is 10.4 Å². The average molecular weight is 397 g/mol. The Bertz CT molecular complexity index is 1320. The molecule has 146 valence electrons. The van der Waals surface area contributed by atoms with Gasteiger partial charge in [-0.05, 0) is 24.3 Å². The number of pyridine rings is 1. The number of rotatable bonds is 3. The van der Waals surface area contributed by atoms with Crippen molar-refractivity contribution < 1.29 is 32.4 Å². The molecule has 0 fully saturated rings. The highest BCUT2D eigenvalue weighted by atomic mass is 19.2. The van der Waals surface area contributed by atoms with E-state index in [2.05, 4.69) is 0 Å². The van der Waals surface area contributed by atoms with Crippen molar-refractivity contribution >= 4 is 27.8 Å². The second-order valence-electron chi connectivity index (χ2n) is 6.53. The summed E-state index contributed by atoms with van der Waals surface area (Å²) in [7, 11) is 3.10. The van der Waals surface area contributed by atoms with Gasteiger partial charge in [-0.15, -0.1) is 0 Å². The molecule has 1 heterocycles. The summed E-state index contributed by atoms with van der Waals surface area (Å²) in [5.74, 6) is -5.55. The fraction of sp³-hybridized carbons (Fsp3) is 0.0909. The van der Waals surface area contributed by atoms with Gasteiger partial charge < -0.3 is 14.6 Å². The van der Waals surface area contributed by atoms with E-state index in [1.165, 1.54) is 19.2 Å². The second kappa shape index (κ2) is 6.77. The largest absolute Gasteiger partial charge is 0.545 e. The van der Waals surface area contributed by atoms with Crippen molar-refractivity contribution in [3.8, 4) is 16.9 Å². The van der Waals surface area contributed by atoms with E-state index < -0.39 is 23.4 Å². The maximum Gasteiger partial charge on any atom is 0.217 e. The molecule has 4 rings (SSSR count). The molecule has 0 aliphatic carbocycles. The molecule has 1 aromatic heterocycles. The molecule has 29 heavy (non-hydrogen) atoms. The van der Waals surface area contributed by atoms with Gasteiger partial charge in [0.05, 0.1) is 29.9 Å². The van der Waals surface area contributed by atoms with Gasteiger partial charge in [-0.25, -0.2) is 13.2 Å². The van der Waals surface area contributed by atoms with E-state index in [0.29, 0.717) is 16.4 Å². The Morgan fingerprint density at radius 3 is 2.34 bits per heavy atom. The first kappa shape index (κ1) is 18.7. The van der Waals surface area contributed by atoms with Gasteiger partial charge in [-0.2, -0.15) is 4.57 Å². The number of carbonyl (C=O) groups is 1. The minimum Gasteiger partial charge on any atom is -0.545 e. The maximum atomic E-state index is 14.5. The first-order valence-corrected chi connectivity index (χ1v) is 8.62. The lowest BCUT2D eigenvalue weighted by molar-refractivity contribution is -0.617. The summed E-state index contributed by atoms with van der Waals surface area (Å²) in [4.78, 5) is 12.0. The third kappa shape index (κ3) is 2.77. The maximum absolute atomic E-state index is 14.5. The van der Waals surface area contributed by atoms with Crippen molar-refractivity contribution in [2.24, 2.45) is 7.05 Å². The van der Waals surface area contributed by atoms with Crippen molar-refractivity contribution in [1.29, 1.82) is 0 Å². The molecule has 0 bridgehead atoms. The highest BCUT2D eigenvalue weighted by molar-refractivity contribution is 6.12. The Hall–Kier alpha value is -3.61. The number of aryl methyl sites for hydroxylation is 1.